The Bertz CT molecular complexity index is 921. The number of fused-ring (bicyclic) bond motifs is 1. The predicted octanol–water partition coefficient (Wildman–Crippen LogP) is 4.82. The van der Waals surface area contributed by atoms with Crippen molar-refractivity contribution in [2.45, 2.75) is 6.42 Å². The molecule has 0 unspecified atom stereocenters. The van der Waals surface area contributed by atoms with Gasteiger partial charge in [0, 0.05) is 17.7 Å². The topological polar surface area (TPSA) is 39.1 Å². The summed E-state index contributed by atoms with van der Waals surface area (Å²) in [5.74, 6) is 1.82. The van der Waals surface area contributed by atoms with Crippen LogP contribution in [0.3, 0.4) is 0 Å². The molecule has 2 heterocycles. The number of anilines is 1. The molecule has 2 aromatic carbocycles. The van der Waals surface area contributed by atoms with Crippen LogP contribution in [0, 0.1) is 0 Å². The zero-order valence-electron chi connectivity index (χ0n) is 13.0. The second-order valence-electron chi connectivity index (χ2n) is 5.59. The first kappa shape index (κ1) is 15.4. The fourth-order valence-corrected chi connectivity index (χ4v) is 3.27. The number of rotatable bonds is 3. The van der Waals surface area contributed by atoms with E-state index in [-0.39, 0.29) is 0 Å². The molecule has 0 atom stereocenters. The van der Waals surface area contributed by atoms with E-state index in [1.54, 1.807) is 13.2 Å². The highest BCUT2D eigenvalue weighted by molar-refractivity contribution is 6.42. The van der Waals surface area contributed by atoms with Gasteiger partial charge in [0.25, 0.3) is 0 Å². The van der Waals surface area contributed by atoms with Crippen molar-refractivity contribution >= 4 is 29.0 Å². The second kappa shape index (κ2) is 6.04. The molecule has 0 radical (unpaired) electrons. The van der Waals surface area contributed by atoms with Gasteiger partial charge in [-0.05, 0) is 36.8 Å². The number of hydrogen-bond acceptors (Lipinski definition) is 3. The number of methoxy groups -OCH3 is 1. The van der Waals surface area contributed by atoms with E-state index in [0.717, 1.165) is 41.5 Å². The average Bonchev–Trinajstić information content (AvgIpc) is 3.20. The summed E-state index contributed by atoms with van der Waals surface area (Å²) in [6.07, 6.45) is 0.934. The third-order valence-corrected chi connectivity index (χ3v) is 4.88. The van der Waals surface area contributed by atoms with Crippen LogP contribution in [0.2, 0.25) is 10.0 Å². The van der Waals surface area contributed by atoms with Gasteiger partial charge in [0.1, 0.15) is 11.6 Å². The summed E-state index contributed by atoms with van der Waals surface area (Å²) in [5, 5.41) is 9.27. The molecule has 4 rings (SSSR count). The summed E-state index contributed by atoms with van der Waals surface area (Å²) >= 11 is 12.2. The number of nitrogens with one attached hydrogen (secondary N) is 1. The van der Waals surface area contributed by atoms with Gasteiger partial charge in [-0.25, -0.2) is 4.68 Å². The minimum Gasteiger partial charge on any atom is -0.497 e. The molecule has 24 heavy (non-hydrogen) atoms. The standard InChI is InChI=1S/C18H15Cl2N3O/c1-24-13-4-2-3-11(9-13)17-14-7-8-21-18(14)23(22-17)12-5-6-15(19)16(20)10-12/h2-6,9-10,21H,7-8H2,1H3. The van der Waals surface area contributed by atoms with Crippen LogP contribution in [0.1, 0.15) is 5.56 Å². The van der Waals surface area contributed by atoms with E-state index in [2.05, 4.69) is 5.32 Å². The highest BCUT2D eigenvalue weighted by Gasteiger charge is 2.24. The number of nitrogens with zero attached hydrogens (tertiary/aromatic N) is 2. The smallest absolute Gasteiger partial charge is 0.133 e. The molecule has 122 valence electrons. The number of benzene rings is 2. The van der Waals surface area contributed by atoms with Crippen LogP contribution in [0.25, 0.3) is 16.9 Å². The molecule has 0 spiro atoms. The molecule has 0 saturated heterocycles. The maximum atomic E-state index is 6.17. The maximum absolute atomic E-state index is 6.17. The van der Waals surface area contributed by atoms with Gasteiger partial charge in [-0.3, -0.25) is 0 Å². The van der Waals surface area contributed by atoms with Crippen LogP contribution in [-0.4, -0.2) is 23.4 Å². The van der Waals surface area contributed by atoms with Crippen molar-refractivity contribution in [1.82, 2.24) is 9.78 Å². The van der Waals surface area contributed by atoms with Gasteiger partial charge >= 0.3 is 0 Å². The first-order chi connectivity index (χ1) is 11.7. The van der Waals surface area contributed by atoms with Crippen molar-refractivity contribution in [2.24, 2.45) is 0 Å². The fourth-order valence-electron chi connectivity index (χ4n) is 2.98. The lowest BCUT2D eigenvalue weighted by atomic mass is 10.1. The van der Waals surface area contributed by atoms with Gasteiger partial charge in [-0.1, -0.05) is 35.3 Å². The van der Waals surface area contributed by atoms with Gasteiger partial charge < -0.3 is 10.1 Å². The summed E-state index contributed by atoms with van der Waals surface area (Å²) in [5.41, 5.74) is 4.08. The number of halogens is 2. The largest absolute Gasteiger partial charge is 0.497 e. The summed E-state index contributed by atoms with van der Waals surface area (Å²) in [6.45, 7) is 0.894. The van der Waals surface area contributed by atoms with Gasteiger partial charge in [0.2, 0.25) is 0 Å². The van der Waals surface area contributed by atoms with Crippen LogP contribution >= 0.6 is 23.2 Å². The molecule has 0 amide bonds. The summed E-state index contributed by atoms with van der Waals surface area (Å²) in [6, 6.07) is 13.5. The summed E-state index contributed by atoms with van der Waals surface area (Å²) in [4.78, 5) is 0. The Morgan fingerprint density at radius 2 is 2.00 bits per heavy atom. The molecule has 0 saturated carbocycles. The molecular formula is C18H15Cl2N3O. The van der Waals surface area contributed by atoms with Gasteiger partial charge in [0.15, 0.2) is 0 Å². The Morgan fingerprint density at radius 1 is 1.12 bits per heavy atom. The summed E-state index contributed by atoms with van der Waals surface area (Å²) in [7, 11) is 1.67. The number of ether oxygens (including phenoxy) is 1. The van der Waals surface area contributed by atoms with E-state index in [0.29, 0.717) is 10.0 Å². The molecule has 0 aliphatic carbocycles. The molecule has 1 aliphatic rings. The molecule has 3 aromatic rings. The Balaban J connectivity index is 1.87. The van der Waals surface area contributed by atoms with E-state index in [1.807, 2.05) is 41.1 Å². The molecule has 4 nitrogen and oxygen atoms in total. The number of aromatic nitrogens is 2. The lowest BCUT2D eigenvalue weighted by Gasteiger charge is -2.07. The van der Waals surface area contributed by atoms with Crippen LogP contribution in [0.5, 0.6) is 5.75 Å². The quantitative estimate of drug-likeness (QED) is 0.728. The Labute approximate surface area is 150 Å². The van der Waals surface area contributed by atoms with Crippen molar-refractivity contribution in [3.8, 4) is 22.7 Å². The fraction of sp³-hybridized carbons (Fsp3) is 0.167. The zero-order chi connectivity index (χ0) is 16.7. The minimum atomic E-state index is 0.513. The van der Waals surface area contributed by atoms with Crippen molar-refractivity contribution < 1.29 is 4.74 Å². The molecule has 1 aliphatic heterocycles. The molecule has 0 fully saturated rings. The Hall–Kier alpha value is -2.17. The monoisotopic (exact) mass is 359 g/mol. The Morgan fingerprint density at radius 3 is 2.79 bits per heavy atom. The maximum Gasteiger partial charge on any atom is 0.133 e. The average molecular weight is 360 g/mol. The lowest BCUT2D eigenvalue weighted by Crippen LogP contribution is -2.04. The molecular weight excluding hydrogens is 345 g/mol. The van der Waals surface area contributed by atoms with Crippen molar-refractivity contribution in [3.63, 3.8) is 0 Å². The van der Waals surface area contributed by atoms with E-state index < -0.39 is 0 Å². The van der Waals surface area contributed by atoms with Gasteiger partial charge in [0.05, 0.1) is 28.5 Å². The minimum absolute atomic E-state index is 0.513. The van der Waals surface area contributed by atoms with E-state index in [1.165, 1.54) is 5.56 Å². The molecule has 6 heteroatoms. The van der Waals surface area contributed by atoms with Crippen LogP contribution in [0.4, 0.5) is 5.82 Å². The van der Waals surface area contributed by atoms with Gasteiger partial charge in [-0.2, -0.15) is 5.10 Å². The third-order valence-electron chi connectivity index (χ3n) is 4.14. The Kier molecular flexibility index (Phi) is 3.87. The van der Waals surface area contributed by atoms with Crippen LogP contribution in [0.15, 0.2) is 42.5 Å². The van der Waals surface area contributed by atoms with E-state index in [4.69, 9.17) is 33.0 Å². The summed E-state index contributed by atoms with van der Waals surface area (Å²) < 4.78 is 7.22. The highest BCUT2D eigenvalue weighted by atomic mass is 35.5. The lowest BCUT2D eigenvalue weighted by molar-refractivity contribution is 0.415. The van der Waals surface area contributed by atoms with Crippen molar-refractivity contribution in [2.75, 3.05) is 19.0 Å². The van der Waals surface area contributed by atoms with Crippen LogP contribution < -0.4 is 10.1 Å². The number of hydrogen-bond donors (Lipinski definition) is 1. The molecule has 1 N–H and O–H groups in total. The first-order valence-electron chi connectivity index (χ1n) is 7.63. The highest BCUT2D eigenvalue weighted by Crippen LogP contribution is 2.36. The molecule has 0 bridgehead atoms. The van der Waals surface area contributed by atoms with Gasteiger partial charge in [-0.15, -0.1) is 0 Å². The zero-order valence-corrected chi connectivity index (χ0v) is 14.5. The SMILES string of the molecule is COc1cccc(-c2nn(-c3ccc(Cl)c(Cl)c3)c3c2CCN3)c1. The third kappa shape index (κ3) is 2.52. The molecule has 1 aromatic heterocycles. The van der Waals surface area contributed by atoms with Crippen molar-refractivity contribution in [1.29, 1.82) is 0 Å². The first-order valence-corrected chi connectivity index (χ1v) is 8.38. The van der Waals surface area contributed by atoms with E-state index >= 15 is 0 Å². The second-order valence-corrected chi connectivity index (χ2v) is 6.41. The van der Waals surface area contributed by atoms with Crippen molar-refractivity contribution in [3.05, 3.63) is 58.1 Å². The van der Waals surface area contributed by atoms with Crippen LogP contribution in [-0.2, 0) is 6.42 Å². The van der Waals surface area contributed by atoms with E-state index in [9.17, 15) is 0 Å². The predicted molar refractivity (Wildman–Crippen MR) is 97.8 cm³/mol. The normalized spacial score (nSPS) is 12.8.